The lowest BCUT2D eigenvalue weighted by Gasteiger charge is -2.26. The van der Waals surface area contributed by atoms with Gasteiger partial charge in [-0.3, -0.25) is 0 Å². The highest BCUT2D eigenvalue weighted by molar-refractivity contribution is 5.95. The van der Waals surface area contributed by atoms with Gasteiger partial charge in [0.2, 0.25) is 0 Å². The maximum Gasteiger partial charge on any atom is 0.167 e. The maximum atomic E-state index is 3.33. The number of hydrogen-bond acceptors (Lipinski definition) is 1. The van der Waals surface area contributed by atoms with E-state index in [1.54, 1.807) is 0 Å². The normalized spacial score (nSPS) is 25.3. The monoisotopic (exact) mass is 100 g/mol. The average Bonchev–Trinajstić information content (AvgIpc) is 1.69. The number of nitrogens with one attached hydrogen (secondary N) is 2. The average molecular weight is 100.0 g/mol. The van der Waals surface area contributed by atoms with Gasteiger partial charge in [-0.05, 0) is 0 Å². The SMILES string of the molecule is [BH3-][NH+]1CCNCC1. The summed E-state index contributed by atoms with van der Waals surface area (Å²) in [5.41, 5.74) is 0. The van der Waals surface area contributed by atoms with Crippen molar-refractivity contribution < 1.29 is 4.81 Å². The molecule has 2 N–H and O–H groups in total. The molecule has 1 fully saturated rings. The fraction of sp³-hybridized carbons (Fsp3) is 1.00. The van der Waals surface area contributed by atoms with Gasteiger partial charge >= 0.3 is 0 Å². The molecule has 0 radical (unpaired) electrons. The Kier molecular flexibility index (Phi) is 1.71. The van der Waals surface area contributed by atoms with Crippen molar-refractivity contribution in [1.29, 1.82) is 0 Å². The second-order valence-corrected chi connectivity index (χ2v) is 1.50. The van der Waals surface area contributed by atoms with E-state index in [9.17, 15) is 0 Å². The standard InChI is InChI=1S/C4H13BN2/c5-7-3-1-6-2-4-7/h6-7H,1-4H2,5H3. The molecule has 0 aromatic rings. The van der Waals surface area contributed by atoms with Crippen LogP contribution in [0, 0.1) is 0 Å². The summed E-state index contributed by atoms with van der Waals surface area (Å²) in [5, 5.41) is 3.33. The zero-order chi connectivity index (χ0) is 5.11. The molecule has 0 bridgehead atoms. The highest BCUT2D eigenvalue weighted by Crippen LogP contribution is 1.58. The lowest BCUT2D eigenvalue weighted by molar-refractivity contribution is -0.781. The number of hydrogen-bond donors (Lipinski definition) is 2. The minimum atomic E-state index is 0.600. The first-order valence-electron chi connectivity index (χ1n) is 2.41. The van der Waals surface area contributed by atoms with Gasteiger partial charge in [0.1, 0.15) is 0 Å². The van der Waals surface area contributed by atoms with Crippen molar-refractivity contribution in [2.24, 2.45) is 0 Å². The fourth-order valence-corrected chi connectivity index (χ4v) is 0.604. The van der Waals surface area contributed by atoms with Crippen LogP contribution in [0.25, 0.3) is 0 Å². The van der Waals surface area contributed by atoms with E-state index in [1.807, 2.05) is 4.81 Å². The second kappa shape index (κ2) is 2.33. The minimum absolute atomic E-state index is 0.600. The molecule has 0 saturated carbocycles. The molecule has 0 amide bonds. The molecule has 2 nitrogen and oxygen atoms in total. The van der Waals surface area contributed by atoms with E-state index in [1.165, 1.54) is 26.2 Å². The van der Waals surface area contributed by atoms with Crippen molar-refractivity contribution in [3.63, 3.8) is 0 Å². The highest BCUT2D eigenvalue weighted by Gasteiger charge is 1.99. The van der Waals surface area contributed by atoms with Crippen LogP contribution in [-0.4, -0.2) is 34.2 Å². The molecule has 42 valence electrons. The largest absolute Gasteiger partial charge is 0.531 e. The maximum absolute atomic E-state index is 3.33. The smallest absolute Gasteiger partial charge is 0.167 e. The Morgan fingerprint density at radius 3 is 2.14 bits per heavy atom. The van der Waals surface area contributed by atoms with Crippen LogP contribution >= 0.6 is 0 Å². The third-order valence-corrected chi connectivity index (χ3v) is 0.957. The van der Waals surface area contributed by atoms with Gasteiger partial charge in [0.15, 0.2) is 7.98 Å². The molecule has 0 aliphatic carbocycles. The quantitative estimate of drug-likeness (QED) is 0.306. The molecule has 1 aliphatic rings. The van der Waals surface area contributed by atoms with E-state index in [4.69, 9.17) is 0 Å². The van der Waals surface area contributed by atoms with Crippen molar-refractivity contribution in [1.82, 2.24) is 5.32 Å². The van der Waals surface area contributed by atoms with Crippen molar-refractivity contribution >= 4 is 7.98 Å². The lowest BCUT2D eigenvalue weighted by atomic mass is 10.2. The topological polar surface area (TPSA) is 16.5 Å². The Morgan fingerprint density at radius 2 is 1.86 bits per heavy atom. The van der Waals surface area contributed by atoms with E-state index in [0.29, 0.717) is 7.98 Å². The van der Waals surface area contributed by atoms with E-state index in [2.05, 4.69) is 5.32 Å². The zero-order valence-corrected chi connectivity index (χ0v) is 3.83. The summed E-state index contributed by atoms with van der Waals surface area (Å²) in [7, 11) is 0.600. The zero-order valence-electron chi connectivity index (χ0n) is 3.83. The minimum Gasteiger partial charge on any atom is -0.531 e. The first-order valence-corrected chi connectivity index (χ1v) is 2.41. The van der Waals surface area contributed by atoms with Gasteiger partial charge in [0, 0.05) is 26.2 Å². The van der Waals surface area contributed by atoms with Crippen LogP contribution in [0.3, 0.4) is 0 Å². The molecule has 0 unspecified atom stereocenters. The van der Waals surface area contributed by atoms with E-state index in [-0.39, 0.29) is 0 Å². The lowest BCUT2D eigenvalue weighted by Crippen LogP contribution is -3.13. The van der Waals surface area contributed by atoms with Crippen LogP contribution < -0.4 is 10.1 Å². The summed E-state index contributed by atoms with van der Waals surface area (Å²) in [6, 6.07) is 0. The first kappa shape index (κ1) is 5.13. The molecule has 1 saturated heterocycles. The van der Waals surface area contributed by atoms with Gasteiger partial charge in [-0.2, -0.15) is 0 Å². The van der Waals surface area contributed by atoms with Crippen LogP contribution in [0.1, 0.15) is 0 Å². The Bertz CT molecular complexity index is 51.7. The van der Waals surface area contributed by atoms with Gasteiger partial charge in [-0.25, -0.2) is 0 Å². The molecular formula is C4H13BN2. The third kappa shape index (κ3) is 1.49. The molecule has 1 rings (SSSR count). The predicted molar refractivity (Wildman–Crippen MR) is 33.5 cm³/mol. The van der Waals surface area contributed by atoms with Gasteiger partial charge in [-0.15, -0.1) is 0 Å². The van der Waals surface area contributed by atoms with E-state index < -0.39 is 0 Å². The van der Waals surface area contributed by atoms with Crippen LogP contribution in [0.4, 0.5) is 0 Å². The Morgan fingerprint density at radius 1 is 1.29 bits per heavy atom. The Labute approximate surface area is 45.3 Å². The molecule has 0 spiro atoms. The summed E-state index contributed by atoms with van der Waals surface area (Å²) in [6.45, 7) is 5.33. The van der Waals surface area contributed by atoms with Gasteiger partial charge < -0.3 is 10.1 Å². The summed E-state index contributed by atoms with van der Waals surface area (Å²) >= 11 is 0. The van der Waals surface area contributed by atoms with Crippen LogP contribution in [0.2, 0.25) is 0 Å². The van der Waals surface area contributed by atoms with Crippen molar-refractivity contribution in [3.05, 3.63) is 0 Å². The Balaban J connectivity index is 2.12. The molecule has 0 aromatic carbocycles. The number of quaternary nitrogens is 1. The van der Waals surface area contributed by atoms with Crippen LogP contribution in [0.15, 0.2) is 0 Å². The Hall–Kier alpha value is -0.0151. The molecule has 1 heterocycles. The van der Waals surface area contributed by atoms with Crippen molar-refractivity contribution in [2.75, 3.05) is 26.2 Å². The molecule has 7 heavy (non-hydrogen) atoms. The molecule has 0 aromatic heterocycles. The third-order valence-electron chi connectivity index (χ3n) is 0.957. The molecule has 1 aliphatic heterocycles. The van der Waals surface area contributed by atoms with E-state index in [0.717, 1.165) is 0 Å². The van der Waals surface area contributed by atoms with Crippen LogP contribution in [-0.2, 0) is 0 Å². The number of piperazine rings is 1. The second-order valence-electron chi connectivity index (χ2n) is 1.50. The van der Waals surface area contributed by atoms with E-state index >= 15 is 0 Å². The summed E-state index contributed by atoms with van der Waals surface area (Å²) in [4.78, 5) is 1.90. The van der Waals surface area contributed by atoms with Crippen molar-refractivity contribution in [2.45, 2.75) is 0 Å². The number of rotatable bonds is 0. The van der Waals surface area contributed by atoms with Crippen molar-refractivity contribution in [3.8, 4) is 0 Å². The molecular weight excluding hydrogens is 86.9 g/mol. The highest BCUT2D eigenvalue weighted by atomic mass is 15.1. The summed E-state index contributed by atoms with van der Waals surface area (Å²) < 4.78 is 0. The molecule has 0 atom stereocenters. The van der Waals surface area contributed by atoms with Gasteiger partial charge in [0.25, 0.3) is 0 Å². The molecule has 3 heteroatoms. The van der Waals surface area contributed by atoms with Gasteiger partial charge in [-0.1, -0.05) is 0 Å². The summed E-state index contributed by atoms with van der Waals surface area (Å²) in [6.07, 6.45) is 0. The first-order chi connectivity index (χ1) is 3.39. The predicted octanol–water partition coefficient (Wildman–Crippen LogP) is -3.25. The van der Waals surface area contributed by atoms with Gasteiger partial charge in [0.05, 0.1) is 0 Å². The summed E-state index contributed by atoms with van der Waals surface area (Å²) in [5.74, 6) is 0. The fourth-order valence-electron chi connectivity index (χ4n) is 0.604. The van der Waals surface area contributed by atoms with Crippen LogP contribution in [0.5, 0.6) is 0 Å².